The number of nitrogens with one attached hydrogen (secondary N) is 1. The summed E-state index contributed by atoms with van der Waals surface area (Å²) in [6, 6.07) is 9.63. The molecular formula is C18H27N. The number of hydrogen-bond donors (Lipinski definition) is 1. The number of unbranched alkanes of at least 4 members (excludes halogenated alkanes) is 3. The molecule has 0 radical (unpaired) electrons. The van der Waals surface area contributed by atoms with E-state index in [4.69, 9.17) is 0 Å². The number of benzene rings is 1. The molecule has 1 N–H and O–H groups in total. The van der Waals surface area contributed by atoms with E-state index in [9.17, 15) is 0 Å². The first-order valence-electron chi connectivity index (χ1n) is 7.72. The van der Waals surface area contributed by atoms with Crippen LogP contribution < -0.4 is 5.32 Å². The minimum atomic E-state index is 0.646. The highest BCUT2D eigenvalue weighted by molar-refractivity contribution is 5.35. The Hall–Kier alpha value is -1.08. The first-order valence-corrected chi connectivity index (χ1v) is 7.72. The lowest BCUT2D eigenvalue weighted by Crippen LogP contribution is -2.31. The molecule has 1 heteroatoms. The largest absolute Gasteiger partial charge is 0.316 e. The van der Waals surface area contributed by atoms with Gasteiger partial charge in [0, 0.05) is 6.04 Å². The summed E-state index contributed by atoms with van der Waals surface area (Å²) in [5.74, 6) is 0.723. The van der Waals surface area contributed by atoms with Crippen molar-refractivity contribution in [2.75, 3.05) is 7.05 Å². The van der Waals surface area contributed by atoms with Crippen molar-refractivity contribution in [3.63, 3.8) is 0 Å². The average molecular weight is 257 g/mol. The Labute approximate surface area is 118 Å². The van der Waals surface area contributed by atoms with Crippen LogP contribution in [-0.4, -0.2) is 13.1 Å². The molecule has 0 amide bonds. The third-order valence-corrected chi connectivity index (χ3v) is 4.46. The Morgan fingerprint density at radius 2 is 2.16 bits per heavy atom. The van der Waals surface area contributed by atoms with Gasteiger partial charge in [0.15, 0.2) is 0 Å². The number of hydrogen-bond acceptors (Lipinski definition) is 1. The van der Waals surface area contributed by atoms with Gasteiger partial charge in [-0.15, -0.1) is 6.58 Å². The molecule has 2 unspecified atom stereocenters. The lowest BCUT2D eigenvalue weighted by molar-refractivity contribution is 0.415. The Kier molecular flexibility index (Phi) is 5.65. The summed E-state index contributed by atoms with van der Waals surface area (Å²) < 4.78 is 0. The van der Waals surface area contributed by atoms with E-state index >= 15 is 0 Å². The van der Waals surface area contributed by atoms with Gasteiger partial charge in [0.1, 0.15) is 0 Å². The topological polar surface area (TPSA) is 12.0 Å². The first-order chi connectivity index (χ1) is 9.36. The quantitative estimate of drug-likeness (QED) is 0.536. The van der Waals surface area contributed by atoms with Crippen LogP contribution >= 0.6 is 0 Å². The smallest absolute Gasteiger partial charge is 0.0133 e. The van der Waals surface area contributed by atoms with Crippen molar-refractivity contribution in [2.45, 2.75) is 56.9 Å². The Morgan fingerprint density at radius 3 is 2.95 bits per heavy atom. The molecule has 1 nitrogen and oxygen atoms in total. The fraction of sp³-hybridized carbons (Fsp3) is 0.556. The van der Waals surface area contributed by atoms with Gasteiger partial charge in [0.25, 0.3) is 0 Å². The monoisotopic (exact) mass is 257 g/mol. The van der Waals surface area contributed by atoms with Crippen LogP contribution in [0, 0.1) is 0 Å². The molecule has 1 aromatic rings. The van der Waals surface area contributed by atoms with Crippen LogP contribution in [0.25, 0.3) is 0 Å². The molecule has 0 saturated heterocycles. The van der Waals surface area contributed by atoms with Crippen molar-refractivity contribution >= 4 is 0 Å². The third kappa shape index (κ3) is 3.70. The minimum absolute atomic E-state index is 0.646. The Bertz CT molecular complexity index is 396. The molecule has 0 bridgehead atoms. The molecule has 0 heterocycles. The zero-order chi connectivity index (χ0) is 13.5. The highest BCUT2D eigenvalue weighted by Crippen LogP contribution is 2.36. The average Bonchev–Trinajstić information content (AvgIpc) is 2.87. The van der Waals surface area contributed by atoms with Gasteiger partial charge in [-0.1, -0.05) is 43.2 Å². The van der Waals surface area contributed by atoms with Crippen LogP contribution in [0.15, 0.2) is 36.9 Å². The van der Waals surface area contributed by atoms with Crippen LogP contribution in [0.2, 0.25) is 0 Å². The number of rotatable bonds is 8. The molecule has 1 aliphatic rings. The van der Waals surface area contributed by atoms with E-state index in [-0.39, 0.29) is 0 Å². The predicted octanol–water partition coefficient (Wildman–Crippen LogP) is 4.44. The maximum Gasteiger partial charge on any atom is 0.0133 e. The maximum absolute atomic E-state index is 3.79. The van der Waals surface area contributed by atoms with Gasteiger partial charge in [-0.2, -0.15) is 0 Å². The van der Waals surface area contributed by atoms with Gasteiger partial charge < -0.3 is 5.32 Å². The Morgan fingerprint density at radius 1 is 1.32 bits per heavy atom. The second-order valence-electron chi connectivity index (χ2n) is 5.67. The summed E-state index contributed by atoms with van der Waals surface area (Å²) in [6.07, 6.45) is 11.0. The Balaban J connectivity index is 1.87. The standard InChI is InChI=1S/C18H27N/c1-3-4-5-6-7-12-18(19-2)17-14-13-15-10-8-9-11-16(15)17/h3,8-11,17-19H,1,4-7,12-14H2,2H3. The number of aryl methyl sites for hydroxylation is 1. The molecule has 104 valence electrons. The van der Waals surface area contributed by atoms with Crippen LogP contribution in [0.5, 0.6) is 0 Å². The van der Waals surface area contributed by atoms with Gasteiger partial charge >= 0.3 is 0 Å². The molecule has 0 aromatic heterocycles. The lowest BCUT2D eigenvalue weighted by atomic mass is 9.89. The van der Waals surface area contributed by atoms with E-state index in [0.29, 0.717) is 6.04 Å². The molecule has 0 aliphatic heterocycles. The predicted molar refractivity (Wildman–Crippen MR) is 83.6 cm³/mol. The van der Waals surface area contributed by atoms with E-state index in [0.717, 1.165) is 12.3 Å². The molecule has 0 spiro atoms. The fourth-order valence-corrected chi connectivity index (χ4v) is 3.38. The molecule has 2 atom stereocenters. The van der Waals surface area contributed by atoms with E-state index in [1.807, 2.05) is 6.08 Å². The van der Waals surface area contributed by atoms with Gasteiger partial charge in [0.2, 0.25) is 0 Å². The van der Waals surface area contributed by atoms with E-state index in [2.05, 4.69) is 43.2 Å². The van der Waals surface area contributed by atoms with Crippen molar-refractivity contribution < 1.29 is 0 Å². The molecule has 0 saturated carbocycles. The van der Waals surface area contributed by atoms with Crippen LogP contribution in [-0.2, 0) is 6.42 Å². The second-order valence-corrected chi connectivity index (χ2v) is 5.67. The van der Waals surface area contributed by atoms with Crippen LogP contribution in [0.3, 0.4) is 0 Å². The van der Waals surface area contributed by atoms with E-state index in [1.54, 1.807) is 11.1 Å². The molecule has 0 fully saturated rings. The van der Waals surface area contributed by atoms with Crippen molar-refractivity contribution in [3.8, 4) is 0 Å². The summed E-state index contributed by atoms with van der Waals surface area (Å²) in [5, 5.41) is 3.56. The number of allylic oxidation sites excluding steroid dienone is 1. The molecule has 1 aliphatic carbocycles. The van der Waals surface area contributed by atoms with Crippen LogP contribution in [0.1, 0.15) is 55.6 Å². The maximum atomic E-state index is 3.79. The van der Waals surface area contributed by atoms with Crippen molar-refractivity contribution in [2.24, 2.45) is 0 Å². The molecular weight excluding hydrogens is 230 g/mol. The third-order valence-electron chi connectivity index (χ3n) is 4.46. The first kappa shape index (κ1) is 14.3. The zero-order valence-corrected chi connectivity index (χ0v) is 12.2. The van der Waals surface area contributed by atoms with Gasteiger partial charge in [-0.05, 0) is 56.2 Å². The summed E-state index contributed by atoms with van der Waals surface area (Å²) in [4.78, 5) is 0. The molecule has 19 heavy (non-hydrogen) atoms. The number of likely N-dealkylation sites (N-methyl/N-ethyl adjacent to an activating group) is 1. The zero-order valence-electron chi connectivity index (χ0n) is 12.2. The van der Waals surface area contributed by atoms with Gasteiger partial charge in [-0.25, -0.2) is 0 Å². The SMILES string of the molecule is C=CCCCCCC(NC)C1CCc2ccccc21. The van der Waals surface area contributed by atoms with Crippen LogP contribution in [0.4, 0.5) is 0 Å². The van der Waals surface area contributed by atoms with Crippen molar-refractivity contribution in [3.05, 3.63) is 48.0 Å². The second kappa shape index (κ2) is 7.49. The van der Waals surface area contributed by atoms with Crippen molar-refractivity contribution in [1.82, 2.24) is 5.32 Å². The van der Waals surface area contributed by atoms with Gasteiger partial charge in [-0.3, -0.25) is 0 Å². The summed E-state index contributed by atoms with van der Waals surface area (Å²) in [6.45, 7) is 3.79. The lowest BCUT2D eigenvalue weighted by Gasteiger charge is -2.24. The normalized spacial score (nSPS) is 19.1. The fourth-order valence-electron chi connectivity index (χ4n) is 3.38. The molecule has 1 aromatic carbocycles. The highest BCUT2D eigenvalue weighted by atomic mass is 14.9. The van der Waals surface area contributed by atoms with Gasteiger partial charge in [0.05, 0.1) is 0 Å². The minimum Gasteiger partial charge on any atom is -0.316 e. The summed E-state index contributed by atoms with van der Waals surface area (Å²) >= 11 is 0. The van der Waals surface area contributed by atoms with E-state index in [1.165, 1.54) is 38.5 Å². The molecule has 2 rings (SSSR count). The van der Waals surface area contributed by atoms with E-state index < -0.39 is 0 Å². The van der Waals surface area contributed by atoms with Crippen molar-refractivity contribution in [1.29, 1.82) is 0 Å². The highest BCUT2D eigenvalue weighted by Gasteiger charge is 2.27. The number of fused-ring (bicyclic) bond motifs is 1. The summed E-state index contributed by atoms with van der Waals surface area (Å²) in [7, 11) is 2.12. The summed E-state index contributed by atoms with van der Waals surface area (Å²) in [5.41, 5.74) is 3.16.